The third-order valence-electron chi connectivity index (χ3n) is 3.84. The van der Waals surface area contributed by atoms with Crippen LogP contribution in [0.1, 0.15) is 40.3 Å². The highest BCUT2D eigenvalue weighted by atomic mass is 35.5. The Morgan fingerprint density at radius 3 is 2.78 bits per heavy atom. The summed E-state index contributed by atoms with van der Waals surface area (Å²) in [4.78, 5) is 17.1. The second kappa shape index (κ2) is 8.78. The molecule has 2 heterocycles. The molecule has 0 fully saturated rings. The van der Waals surface area contributed by atoms with Gasteiger partial charge in [0.05, 0.1) is 27.3 Å². The summed E-state index contributed by atoms with van der Waals surface area (Å²) < 4.78 is 5.07. The quantitative estimate of drug-likeness (QED) is 0.534. The van der Waals surface area contributed by atoms with Crippen LogP contribution in [0.15, 0.2) is 52.1 Å². The lowest BCUT2D eigenvalue weighted by atomic mass is 10.1. The molecule has 2 aromatic heterocycles. The zero-order chi connectivity index (χ0) is 19.4. The summed E-state index contributed by atoms with van der Waals surface area (Å²) >= 11 is 13.5. The summed E-state index contributed by atoms with van der Waals surface area (Å²) in [7, 11) is 0. The molecular weight excluding hydrogens is 405 g/mol. The number of amides is 1. The number of benzene rings is 1. The van der Waals surface area contributed by atoms with E-state index in [1.165, 1.54) is 11.8 Å². The molecule has 3 aromatic rings. The lowest BCUT2D eigenvalue weighted by Gasteiger charge is -2.16. The Bertz CT molecular complexity index is 962. The first kappa shape index (κ1) is 19.7. The van der Waals surface area contributed by atoms with Crippen molar-refractivity contribution >= 4 is 40.9 Å². The fourth-order valence-electron chi connectivity index (χ4n) is 2.45. The van der Waals surface area contributed by atoms with Gasteiger partial charge in [-0.25, -0.2) is 4.98 Å². The number of carbonyl (C=O) groups is 1. The monoisotopic (exact) mass is 421 g/mol. The van der Waals surface area contributed by atoms with Gasteiger partial charge in [-0.1, -0.05) is 46.2 Å². The van der Waals surface area contributed by atoms with Crippen molar-refractivity contribution in [2.24, 2.45) is 0 Å². The molecule has 0 radical (unpaired) electrons. The average molecular weight is 422 g/mol. The van der Waals surface area contributed by atoms with Crippen LogP contribution in [0.2, 0.25) is 10.0 Å². The van der Waals surface area contributed by atoms with E-state index in [9.17, 15) is 4.79 Å². The van der Waals surface area contributed by atoms with Gasteiger partial charge in [0.1, 0.15) is 10.8 Å². The number of carbonyl (C=O) groups excluding carboxylic acids is 1. The van der Waals surface area contributed by atoms with Gasteiger partial charge in [0.15, 0.2) is 0 Å². The average Bonchev–Trinajstić information content (AvgIpc) is 3.07. The van der Waals surface area contributed by atoms with Crippen molar-refractivity contribution in [3.8, 4) is 0 Å². The highest BCUT2D eigenvalue weighted by Crippen LogP contribution is 2.27. The third kappa shape index (κ3) is 5.03. The predicted octanol–water partition coefficient (Wildman–Crippen LogP) is 5.47. The number of nitrogens with zero attached hydrogens (tertiary/aromatic N) is 2. The van der Waals surface area contributed by atoms with Crippen LogP contribution in [0, 0.1) is 6.92 Å². The molecule has 0 aliphatic heterocycles. The van der Waals surface area contributed by atoms with E-state index in [2.05, 4.69) is 15.5 Å². The zero-order valence-corrected chi connectivity index (χ0v) is 17.0. The Hall–Kier alpha value is -2.02. The first-order valence-corrected chi connectivity index (χ1v) is 9.94. The lowest BCUT2D eigenvalue weighted by Crippen LogP contribution is -2.27. The Balaban J connectivity index is 1.71. The molecule has 1 N–H and O–H groups in total. The highest BCUT2D eigenvalue weighted by Gasteiger charge is 2.17. The largest absolute Gasteiger partial charge is 0.361 e. The fraction of sp³-hybridized carbons (Fsp3) is 0.211. The fourth-order valence-corrected chi connectivity index (χ4v) is 3.63. The smallest absolute Gasteiger partial charge is 0.254 e. The number of hydrogen-bond acceptors (Lipinski definition) is 5. The molecule has 1 aromatic carbocycles. The number of thioether (sulfide) groups is 1. The highest BCUT2D eigenvalue weighted by molar-refractivity contribution is 7.98. The van der Waals surface area contributed by atoms with Crippen LogP contribution >= 0.6 is 35.0 Å². The molecule has 27 heavy (non-hydrogen) atoms. The topological polar surface area (TPSA) is 68.0 Å². The summed E-state index contributed by atoms with van der Waals surface area (Å²) in [6.45, 7) is 3.73. The van der Waals surface area contributed by atoms with Crippen molar-refractivity contribution in [3.05, 3.63) is 75.2 Å². The van der Waals surface area contributed by atoms with Crippen molar-refractivity contribution < 1.29 is 9.32 Å². The summed E-state index contributed by atoms with van der Waals surface area (Å²) in [5, 5.41) is 8.51. The van der Waals surface area contributed by atoms with E-state index in [1.54, 1.807) is 30.5 Å². The maximum absolute atomic E-state index is 12.8. The number of nitrogens with one attached hydrogen (secondary N) is 1. The van der Waals surface area contributed by atoms with E-state index in [0.29, 0.717) is 26.4 Å². The van der Waals surface area contributed by atoms with Gasteiger partial charge in [0.25, 0.3) is 5.91 Å². The second-order valence-corrected chi connectivity index (χ2v) is 7.72. The van der Waals surface area contributed by atoms with Gasteiger partial charge in [-0.15, -0.1) is 0 Å². The Morgan fingerprint density at radius 1 is 1.26 bits per heavy atom. The van der Waals surface area contributed by atoms with Crippen LogP contribution in [0.4, 0.5) is 0 Å². The van der Waals surface area contributed by atoms with Gasteiger partial charge in [-0.3, -0.25) is 4.79 Å². The SMILES string of the molecule is Cc1cc(CSc2ncccc2C(=O)NC(C)c2ccc(Cl)c(Cl)c2)no1. The van der Waals surface area contributed by atoms with Crippen LogP contribution in [0.3, 0.4) is 0 Å². The van der Waals surface area contributed by atoms with Crippen LogP contribution in [-0.2, 0) is 5.75 Å². The number of pyridine rings is 1. The molecular formula is C19H17Cl2N3O2S. The first-order valence-electron chi connectivity index (χ1n) is 8.20. The molecule has 5 nitrogen and oxygen atoms in total. The number of hydrogen-bond donors (Lipinski definition) is 1. The lowest BCUT2D eigenvalue weighted by molar-refractivity contribution is 0.0936. The summed E-state index contributed by atoms with van der Waals surface area (Å²) in [6.07, 6.45) is 1.66. The van der Waals surface area contributed by atoms with E-state index >= 15 is 0 Å². The zero-order valence-electron chi connectivity index (χ0n) is 14.7. The standard InChI is InChI=1S/C19H17Cl2N3O2S/c1-11-8-14(24-26-11)10-27-19-15(4-3-7-22-19)18(25)23-12(2)13-5-6-16(20)17(21)9-13/h3-9,12H,10H2,1-2H3,(H,23,25). The maximum atomic E-state index is 12.8. The van der Waals surface area contributed by atoms with Gasteiger partial charge in [-0.2, -0.15) is 0 Å². The van der Waals surface area contributed by atoms with E-state index in [-0.39, 0.29) is 11.9 Å². The summed E-state index contributed by atoms with van der Waals surface area (Å²) in [6, 6.07) is 10.4. The Labute approximate surface area is 171 Å². The number of halogens is 2. The van der Waals surface area contributed by atoms with E-state index in [0.717, 1.165) is 17.0 Å². The maximum Gasteiger partial charge on any atom is 0.254 e. The number of rotatable bonds is 6. The van der Waals surface area contributed by atoms with Gasteiger partial charge in [0, 0.05) is 18.0 Å². The van der Waals surface area contributed by atoms with Crippen LogP contribution in [-0.4, -0.2) is 16.0 Å². The minimum Gasteiger partial charge on any atom is -0.361 e. The molecule has 0 bridgehead atoms. The van der Waals surface area contributed by atoms with Crippen molar-refractivity contribution in [2.75, 3.05) is 0 Å². The molecule has 0 aliphatic carbocycles. The van der Waals surface area contributed by atoms with Crippen molar-refractivity contribution in [1.82, 2.24) is 15.5 Å². The molecule has 0 saturated carbocycles. The minimum absolute atomic E-state index is 0.208. The molecule has 0 saturated heterocycles. The van der Waals surface area contributed by atoms with Gasteiger partial charge in [0.2, 0.25) is 0 Å². The van der Waals surface area contributed by atoms with Gasteiger partial charge in [-0.05, 0) is 43.7 Å². The minimum atomic E-state index is -0.233. The van der Waals surface area contributed by atoms with Crippen molar-refractivity contribution in [2.45, 2.75) is 30.7 Å². The van der Waals surface area contributed by atoms with Crippen LogP contribution in [0.5, 0.6) is 0 Å². The summed E-state index contributed by atoms with van der Waals surface area (Å²) in [5.41, 5.74) is 2.18. The molecule has 1 atom stereocenters. The van der Waals surface area contributed by atoms with Gasteiger partial charge >= 0.3 is 0 Å². The molecule has 140 valence electrons. The van der Waals surface area contributed by atoms with Crippen molar-refractivity contribution in [1.29, 1.82) is 0 Å². The number of aryl methyl sites for hydroxylation is 1. The first-order chi connectivity index (χ1) is 12.9. The summed E-state index contributed by atoms with van der Waals surface area (Å²) in [5.74, 6) is 1.11. The van der Waals surface area contributed by atoms with Crippen LogP contribution in [0.25, 0.3) is 0 Å². The molecule has 3 rings (SSSR count). The molecule has 1 amide bonds. The molecule has 8 heteroatoms. The van der Waals surface area contributed by atoms with E-state index < -0.39 is 0 Å². The Kier molecular flexibility index (Phi) is 6.42. The predicted molar refractivity (Wildman–Crippen MR) is 107 cm³/mol. The second-order valence-electron chi connectivity index (χ2n) is 5.94. The molecule has 0 spiro atoms. The van der Waals surface area contributed by atoms with Crippen molar-refractivity contribution in [3.63, 3.8) is 0 Å². The van der Waals surface area contributed by atoms with Gasteiger partial charge < -0.3 is 9.84 Å². The Morgan fingerprint density at radius 2 is 2.07 bits per heavy atom. The molecule has 1 unspecified atom stereocenters. The normalized spacial score (nSPS) is 12.0. The molecule has 0 aliphatic rings. The third-order valence-corrected chi connectivity index (χ3v) is 5.62. The van der Waals surface area contributed by atoms with E-state index in [1.807, 2.05) is 26.0 Å². The van der Waals surface area contributed by atoms with E-state index in [4.69, 9.17) is 27.7 Å². The van der Waals surface area contributed by atoms with Crippen LogP contribution < -0.4 is 5.32 Å². The number of aromatic nitrogens is 2.